The molecule has 0 aliphatic heterocycles. The van der Waals surface area contributed by atoms with Crippen LogP contribution in [0.1, 0.15) is 61.8 Å². The second-order valence-corrected chi connectivity index (χ2v) is 6.54. The van der Waals surface area contributed by atoms with Gasteiger partial charge in [-0.15, -0.1) is 0 Å². The third-order valence-corrected chi connectivity index (χ3v) is 6.00. The van der Waals surface area contributed by atoms with Crippen molar-refractivity contribution in [3.05, 3.63) is 66.9 Å². The van der Waals surface area contributed by atoms with Crippen LogP contribution in [0.25, 0.3) is 0 Å². The van der Waals surface area contributed by atoms with Gasteiger partial charge < -0.3 is 22.3 Å². The van der Waals surface area contributed by atoms with Crippen LogP contribution in [0.4, 0.5) is 0 Å². The molecule has 23 heavy (non-hydrogen) atoms. The van der Waals surface area contributed by atoms with Crippen molar-refractivity contribution >= 4 is 0 Å². The smallest absolute Gasteiger partial charge is 0.358 e. The van der Waals surface area contributed by atoms with Crippen LogP contribution >= 0.6 is 0 Å². The summed E-state index contributed by atoms with van der Waals surface area (Å²) < 4.78 is 0. The quantitative estimate of drug-likeness (QED) is 0.431. The zero-order valence-electron chi connectivity index (χ0n) is 17.4. The summed E-state index contributed by atoms with van der Waals surface area (Å²) in [5, 5.41) is 0. The van der Waals surface area contributed by atoms with E-state index in [9.17, 15) is 0 Å². The molecule has 0 fully saturated rings. The molecule has 0 bridgehead atoms. The zero-order valence-corrected chi connectivity index (χ0v) is 19.8. The van der Waals surface area contributed by atoms with E-state index in [-0.39, 0.29) is 48.5 Å². The summed E-state index contributed by atoms with van der Waals surface area (Å²) >= 11 is 0. The predicted octanol–water partition coefficient (Wildman–Crippen LogP) is 7.33. The first-order chi connectivity index (χ1) is 8.77. The van der Waals surface area contributed by atoms with E-state index in [1.54, 1.807) is 33.4 Å². The average Bonchev–Trinajstić information content (AvgIpc) is 2.68. The summed E-state index contributed by atoms with van der Waals surface area (Å²) in [4.78, 5) is 0. The van der Waals surface area contributed by atoms with Crippen LogP contribution in [0, 0.1) is 34.1 Å². The Morgan fingerprint density at radius 1 is 0.565 bits per heavy atom. The summed E-state index contributed by atoms with van der Waals surface area (Å²) in [6.07, 6.45) is 1.17. The molecule has 2 unspecified atom stereocenters. The second kappa shape index (κ2) is 9.98. The van der Waals surface area contributed by atoms with Crippen molar-refractivity contribution in [2.24, 2.45) is 11.8 Å². The molecule has 1 radical (unpaired) electrons. The fourth-order valence-corrected chi connectivity index (χ4v) is 3.67. The molecule has 0 spiro atoms. The van der Waals surface area contributed by atoms with Crippen molar-refractivity contribution in [3.63, 3.8) is 0 Å². The van der Waals surface area contributed by atoms with Crippen molar-refractivity contribution in [1.29, 1.82) is 0 Å². The van der Waals surface area contributed by atoms with Crippen molar-refractivity contribution in [1.82, 2.24) is 0 Å². The van der Waals surface area contributed by atoms with Gasteiger partial charge in [-0.2, -0.15) is 0 Å². The Morgan fingerprint density at radius 3 is 1.00 bits per heavy atom. The van der Waals surface area contributed by atoms with E-state index in [0.717, 1.165) is 0 Å². The molecule has 2 aliphatic rings. The molecule has 0 saturated heterocycles. The second-order valence-electron chi connectivity index (χ2n) is 6.54. The van der Waals surface area contributed by atoms with E-state index >= 15 is 0 Å². The zero-order chi connectivity index (χ0) is 14.5. The molecule has 0 amide bonds. The first-order valence-corrected chi connectivity index (χ1v) is 7.52. The number of hydrogen-bond acceptors (Lipinski definition) is 0. The minimum absolute atomic E-state index is 0. The van der Waals surface area contributed by atoms with Gasteiger partial charge in [-0.1, -0.05) is 36.1 Å². The van der Waals surface area contributed by atoms with E-state index in [2.05, 4.69) is 55.4 Å². The molecule has 0 aromatic rings. The van der Waals surface area contributed by atoms with E-state index < -0.39 is 0 Å². The van der Waals surface area contributed by atoms with Crippen LogP contribution in [-0.2, 0) is 26.2 Å². The average molecular weight is 393 g/mol. The number of allylic oxidation sites excluding steroid dienone is 8. The van der Waals surface area contributed by atoms with Crippen LogP contribution in [0.3, 0.4) is 0 Å². The SMILES string of the molecule is CC1=C(C)C(C)C(CC2=C(C)C(C)=C(C)C2C)=C1C.[CH3-].[CH3-].[CH3-].[Zr+3]. The molecule has 0 aromatic carbocycles. The van der Waals surface area contributed by atoms with Gasteiger partial charge in [-0.25, -0.2) is 0 Å². The van der Waals surface area contributed by atoms with Crippen molar-refractivity contribution in [2.75, 3.05) is 0 Å². The molecule has 129 valence electrons. The van der Waals surface area contributed by atoms with Crippen LogP contribution < -0.4 is 0 Å². The number of hydrogen-bond donors (Lipinski definition) is 0. The van der Waals surface area contributed by atoms with Crippen molar-refractivity contribution < 1.29 is 26.2 Å². The fourth-order valence-electron chi connectivity index (χ4n) is 3.67. The van der Waals surface area contributed by atoms with Crippen molar-refractivity contribution in [3.8, 4) is 0 Å². The van der Waals surface area contributed by atoms with Gasteiger partial charge in [0.2, 0.25) is 0 Å². The van der Waals surface area contributed by atoms with Gasteiger partial charge in [0.15, 0.2) is 0 Å². The minimum Gasteiger partial charge on any atom is -0.358 e. The Balaban J connectivity index is -0.000001000. The van der Waals surface area contributed by atoms with Gasteiger partial charge in [0.25, 0.3) is 0 Å². The van der Waals surface area contributed by atoms with Gasteiger partial charge >= 0.3 is 26.2 Å². The van der Waals surface area contributed by atoms with E-state index in [1.165, 1.54) is 17.6 Å². The Kier molecular flexibility index (Phi) is 12.0. The predicted molar refractivity (Wildman–Crippen MR) is 104 cm³/mol. The van der Waals surface area contributed by atoms with Crippen molar-refractivity contribution in [2.45, 2.75) is 61.8 Å². The largest absolute Gasteiger partial charge is 3.00 e. The van der Waals surface area contributed by atoms with Gasteiger partial charge in [-0.05, 0) is 82.1 Å². The molecule has 0 heterocycles. The maximum absolute atomic E-state index is 2.37. The van der Waals surface area contributed by atoms with Crippen LogP contribution in [-0.4, -0.2) is 0 Å². The summed E-state index contributed by atoms with van der Waals surface area (Å²) in [6, 6.07) is 0. The third kappa shape index (κ3) is 4.47. The monoisotopic (exact) mass is 391 g/mol. The van der Waals surface area contributed by atoms with E-state index in [0.29, 0.717) is 11.8 Å². The topological polar surface area (TPSA) is 0 Å². The Bertz CT molecular complexity index is 503. The molecule has 0 saturated carbocycles. The molecule has 0 N–H and O–H groups in total. The molecule has 0 aromatic heterocycles. The molecule has 2 aliphatic carbocycles. The summed E-state index contributed by atoms with van der Waals surface area (Å²) in [7, 11) is 0. The molecule has 0 nitrogen and oxygen atoms in total. The number of rotatable bonds is 2. The maximum Gasteiger partial charge on any atom is 3.00 e. The fraction of sp³-hybridized carbons (Fsp3) is 0.500. The molecule has 2 atom stereocenters. The van der Waals surface area contributed by atoms with E-state index in [4.69, 9.17) is 0 Å². The van der Waals surface area contributed by atoms with E-state index in [1.807, 2.05) is 0 Å². The van der Waals surface area contributed by atoms with Gasteiger partial charge in [0.1, 0.15) is 0 Å². The summed E-state index contributed by atoms with van der Waals surface area (Å²) in [6.45, 7) is 18.5. The minimum atomic E-state index is 0. The normalized spacial score (nSPS) is 23.5. The standard InChI is InChI=1S/C19H28.3CH3.Zr/c1-10-11(2)15(6)18(14(10)5)9-19-16(7)12(3)13(4)17(19)8;;;;/h14,16H,9H2,1-8H3;3*1H3;/q;3*-1;+3. The van der Waals surface area contributed by atoms with Crippen LogP contribution in [0.2, 0.25) is 0 Å². The Morgan fingerprint density at radius 2 is 0.826 bits per heavy atom. The molecular weight excluding hydrogens is 355 g/mol. The Hall–Kier alpha value is -0.157. The Labute approximate surface area is 166 Å². The molecule has 2 rings (SSSR count). The third-order valence-electron chi connectivity index (χ3n) is 6.00. The van der Waals surface area contributed by atoms with Crippen LogP contribution in [0.15, 0.2) is 44.6 Å². The summed E-state index contributed by atoms with van der Waals surface area (Å²) in [5.74, 6) is 1.27. The first kappa shape index (κ1) is 27.7. The van der Waals surface area contributed by atoms with Gasteiger partial charge in [0.05, 0.1) is 0 Å². The van der Waals surface area contributed by atoms with Crippen LogP contribution in [0.5, 0.6) is 0 Å². The first-order valence-electron chi connectivity index (χ1n) is 7.52. The van der Waals surface area contributed by atoms with Gasteiger partial charge in [-0.3, -0.25) is 0 Å². The molecule has 1 heteroatoms. The van der Waals surface area contributed by atoms with Gasteiger partial charge in [0, 0.05) is 0 Å². The maximum atomic E-state index is 2.37. The molecular formula is C22H37Zr. The summed E-state index contributed by atoms with van der Waals surface area (Å²) in [5.41, 5.74) is 12.6.